The van der Waals surface area contributed by atoms with Crippen LogP contribution in [0, 0.1) is 18.7 Å². The number of primary amides is 1. The van der Waals surface area contributed by atoms with Gasteiger partial charge in [-0.2, -0.15) is 4.98 Å². The number of nitrogens with two attached hydrogens (primary N) is 1. The molecule has 4 rings (SSSR count). The average molecular weight is 460 g/mol. The van der Waals surface area contributed by atoms with Gasteiger partial charge in [-0.15, -0.1) is 0 Å². The third kappa shape index (κ3) is 5.05. The highest BCUT2D eigenvalue weighted by Gasteiger charge is 2.16. The first-order valence-corrected chi connectivity index (χ1v) is 11.0. The van der Waals surface area contributed by atoms with Crippen LogP contribution in [0.4, 0.5) is 4.39 Å². The number of carbonyl (C=O) groups excluding carboxylic acids is 1. The fourth-order valence-corrected chi connectivity index (χ4v) is 3.70. The maximum Gasteiger partial charge on any atom is 0.258 e. The van der Waals surface area contributed by atoms with Gasteiger partial charge in [-0.3, -0.25) is 4.79 Å². The van der Waals surface area contributed by atoms with Crippen molar-refractivity contribution >= 4 is 5.91 Å². The highest BCUT2D eigenvalue weighted by Crippen LogP contribution is 2.32. The van der Waals surface area contributed by atoms with Crippen molar-refractivity contribution < 1.29 is 18.4 Å². The monoisotopic (exact) mass is 459 g/mol. The van der Waals surface area contributed by atoms with Crippen LogP contribution in [0.5, 0.6) is 0 Å². The predicted molar refractivity (Wildman–Crippen MR) is 128 cm³/mol. The van der Waals surface area contributed by atoms with E-state index in [4.69, 9.17) is 15.0 Å². The van der Waals surface area contributed by atoms with Crippen LogP contribution in [-0.2, 0) is 11.3 Å². The highest BCUT2D eigenvalue weighted by atomic mass is 19.1. The van der Waals surface area contributed by atoms with Gasteiger partial charge in [-0.1, -0.05) is 55.4 Å². The molecule has 0 aliphatic carbocycles. The van der Waals surface area contributed by atoms with Crippen LogP contribution >= 0.6 is 0 Å². The summed E-state index contributed by atoms with van der Waals surface area (Å²) in [5.74, 6) is -0.631. The number of carbonyl (C=O) groups is 1. The second kappa shape index (κ2) is 9.97. The summed E-state index contributed by atoms with van der Waals surface area (Å²) in [6.07, 6.45) is 0. The van der Waals surface area contributed by atoms with Gasteiger partial charge in [0.05, 0.1) is 12.2 Å². The Morgan fingerprint density at radius 1 is 1.06 bits per heavy atom. The van der Waals surface area contributed by atoms with E-state index in [1.54, 1.807) is 0 Å². The molecular formula is C27H26FN3O3. The lowest BCUT2D eigenvalue weighted by Crippen LogP contribution is -2.12. The fourth-order valence-electron chi connectivity index (χ4n) is 3.70. The average Bonchev–Trinajstić information content (AvgIpc) is 3.29. The molecule has 1 heterocycles. The molecule has 174 valence electrons. The van der Waals surface area contributed by atoms with Crippen LogP contribution in [0.2, 0.25) is 0 Å². The van der Waals surface area contributed by atoms with Crippen molar-refractivity contribution in [3.05, 3.63) is 83.2 Å². The van der Waals surface area contributed by atoms with Gasteiger partial charge in [-0.25, -0.2) is 4.39 Å². The van der Waals surface area contributed by atoms with E-state index in [1.807, 2.05) is 30.3 Å². The predicted octanol–water partition coefficient (Wildman–Crippen LogP) is 5.79. The topological polar surface area (TPSA) is 91.2 Å². The highest BCUT2D eigenvalue weighted by molar-refractivity contribution is 5.93. The van der Waals surface area contributed by atoms with Crippen molar-refractivity contribution in [3.63, 3.8) is 0 Å². The van der Waals surface area contributed by atoms with Gasteiger partial charge >= 0.3 is 0 Å². The molecule has 0 aliphatic heterocycles. The maximum absolute atomic E-state index is 14.2. The van der Waals surface area contributed by atoms with Gasteiger partial charge in [-0.05, 0) is 59.4 Å². The van der Waals surface area contributed by atoms with Gasteiger partial charge < -0.3 is 15.0 Å². The molecule has 4 aromatic rings. The first kappa shape index (κ1) is 23.3. The summed E-state index contributed by atoms with van der Waals surface area (Å²) in [5, 5.41) is 3.99. The molecule has 0 saturated heterocycles. The second-order valence-corrected chi connectivity index (χ2v) is 8.58. The van der Waals surface area contributed by atoms with Crippen LogP contribution in [-0.4, -0.2) is 22.7 Å². The summed E-state index contributed by atoms with van der Waals surface area (Å²) in [6.45, 7) is 7.38. The van der Waals surface area contributed by atoms with Crippen molar-refractivity contribution in [2.75, 3.05) is 6.61 Å². The third-order valence-electron chi connectivity index (χ3n) is 5.41. The standard InChI is InChI=1S/C27H26FN3O3/c1-16(2)14-33-15-20-12-19(9-10-22(20)21-7-5-4-6-17(21)3)27-30-26(31-34-27)18-8-11-23(25(29)32)24(28)13-18/h4-13,16H,14-15H2,1-3H3,(H2,29,32). The molecule has 1 amide bonds. The third-order valence-corrected chi connectivity index (χ3v) is 5.41. The molecule has 0 fully saturated rings. The van der Waals surface area contributed by atoms with Gasteiger partial charge in [0.2, 0.25) is 5.82 Å². The van der Waals surface area contributed by atoms with Gasteiger partial charge in [0, 0.05) is 17.7 Å². The van der Waals surface area contributed by atoms with Crippen molar-refractivity contribution in [3.8, 4) is 34.0 Å². The number of nitrogens with zero attached hydrogens (tertiary/aromatic N) is 2. The van der Waals surface area contributed by atoms with E-state index in [0.29, 0.717) is 30.6 Å². The first-order valence-electron chi connectivity index (χ1n) is 11.0. The van der Waals surface area contributed by atoms with Crippen LogP contribution < -0.4 is 5.73 Å². The molecule has 1 aromatic heterocycles. The Kier molecular flexibility index (Phi) is 6.84. The fraction of sp³-hybridized carbons (Fsp3) is 0.222. The van der Waals surface area contributed by atoms with E-state index >= 15 is 0 Å². The van der Waals surface area contributed by atoms with E-state index < -0.39 is 11.7 Å². The lowest BCUT2D eigenvalue weighted by molar-refractivity contribution is 0.0974. The Hall–Kier alpha value is -3.84. The summed E-state index contributed by atoms with van der Waals surface area (Å²) >= 11 is 0. The van der Waals surface area contributed by atoms with Crippen molar-refractivity contribution in [1.29, 1.82) is 0 Å². The molecule has 2 N–H and O–H groups in total. The van der Waals surface area contributed by atoms with E-state index in [2.05, 4.69) is 43.0 Å². The van der Waals surface area contributed by atoms with Gasteiger partial charge in [0.1, 0.15) is 5.82 Å². The number of halogens is 1. The molecule has 0 spiro atoms. The quantitative estimate of drug-likeness (QED) is 0.360. The van der Waals surface area contributed by atoms with E-state index in [9.17, 15) is 9.18 Å². The van der Waals surface area contributed by atoms with E-state index in [0.717, 1.165) is 22.3 Å². The molecule has 34 heavy (non-hydrogen) atoms. The molecule has 0 aliphatic rings. The van der Waals surface area contributed by atoms with Crippen molar-refractivity contribution in [1.82, 2.24) is 10.1 Å². The molecule has 0 saturated carbocycles. The van der Waals surface area contributed by atoms with Gasteiger partial charge in [0.25, 0.3) is 11.8 Å². The second-order valence-electron chi connectivity index (χ2n) is 8.58. The van der Waals surface area contributed by atoms with Crippen LogP contribution in [0.3, 0.4) is 0 Å². The summed E-state index contributed by atoms with van der Waals surface area (Å²) in [4.78, 5) is 15.7. The number of benzene rings is 3. The summed E-state index contributed by atoms with van der Waals surface area (Å²) in [7, 11) is 0. The van der Waals surface area contributed by atoms with Gasteiger partial charge in [0.15, 0.2) is 0 Å². The molecule has 7 heteroatoms. The minimum Gasteiger partial charge on any atom is -0.376 e. The summed E-state index contributed by atoms with van der Waals surface area (Å²) in [5.41, 5.74) is 10.5. The number of rotatable bonds is 8. The SMILES string of the molecule is Cc1ccccc1-c1ccc(-c2nc(-c3ccc(C(N)=O)c(F)c3)no2)cc1COCC(C)C. The smallest absolute Gasteiger partial charge is 0.258 e. The Labute approximate surface area is 197 Å². The minimum atomic E-state index is -0.834. The van der Waals surface area contributed by atoms with E-state index in [1.165, 1.54) is 23.8 Å². The first-order chi connectivity index (χ1) is 16.3. The lowest BCUT2D eigenvalue weighted by Gasteiger charge is -2.14. The molecule has 6 nitrogen and oxygen atoms in total. The number of hydrogen-bond acceptors (Lipinski definition) is 5. The molecule has 0 atom stereocenters. The number of hydrogen-bond donors (Lipinski definition) is 1. The van der Waals surface area contributed by atoms with Crippen molar-refractivity contribution in [2.24, 2.45) is 11.7 Å². The minimum absolute atomic E-state index is 0.190. The molecular weight excluding hydrogens is 433 g/mol. The van der Waals surface area contributed by atoms with Crippen LogP contribution in [0.25, 0.3) is 34.0 Å². The maximum atomic E-state index is 14.2. The molecule has 0 bridgehead atoms. The van der Waals surface area contributed by atoms with Crippen LogP contribution in [0.15, 0.2) is 65.2 Å². The Bertz CT molecular complexity index is 1330. The number of amides is 1. The number of aromatic nitrogens is 2. The Morgan fingerprint density at radius 2 is 1.82 bits per heavy atom. The zero-order valence-corrected chi connectivity index (χ0v) is 19.3. The van der Waals surface area contributed by atoms with Crippen LogP contribution in [0.1, 0.15) is 35.3 Å². The number of ether oxygens (including phenoxy) is 1. The molecule has 3 aromatic carbocycles. The molecule has 0 radical (unpaired) electrons. The lowest BCUT2D eigenvalue weighted by atomic mass is 9.94. The molecule has 0 unspecified atom stereocenters. The summed E-state index contributed by atoms with van der Waals surface area (Å²) < 4.78 is 25.6. The van der Waals surface area contributed by atoms with E-state index in [-0.39, 0.29) is 11.4 Å². The Balaban J connectivity index is 1.68. The number of aryl methyl sites for hydroxylation is 1. The Morgan fingerprint density at radius 3 is 2.53 bits per heavy atom. The largest absolute Gasteiger partial charge is 0.376 e. The zero-order valence-electron chi connectivity index (χ0n) is 19.3. The summed E-state index contributed by atoms with van der Waals surface area (Å²) in [6, 6.07) is 18.1. The zero-order chi connectivity index (χ0) is 24.2. The van der Waals surface area contributed by atoms with Crippen molar-refractivity contribution in [2.45, 2.75) is 27.4 Å². The normalized spacial score (nSPS) is 11.2.